The quantitative estimate of drug-likeness (QED) is 0.527. The molecule has 0 spiro atoms. The first-order valence-corrected chi connectivity index (χ1v) is 5.36. The highest BCUT2D eigenvalue weighted by molar-refractivity contribution is 5.87. The number of urea groups is 1. The summed E-state index contributed by atoms with van der Waals surface area (Å²) < 4.78 is 4.85. The van der Waals surface area contributed by atoms with Gasteiger partial charge in [0.15, 0.2) is 5.76 Å². The van der Waals surface area contributed by atoms with Crippen molar-refractivity contribution in [3.8, 4) is 0 Å². The fraction of sp³-hybridized carbons (Fsp3) is 0.400. The lowest BCUT2D eigenvalue weighted by Gasteiger charge is -2.12. The normalized spacial score (nSPS) is 11.6. The van der Waals surface area contributed by atoms with Crippen molar-refractivity contribution in [3.05, 3.63) is 17.5 Å². The molecule has 0 unspecified atom stereocenters. The van der Waals surface area contributed by atoms with Gasteiger partial charge in [-0.2, -0.15) is 0 Å². The molecule has 0 radical (unpaired) electrons. The maximum absolute atomic E-state index is 11.4. The van der Waals surface area contributed by atoms with E-state index in [0.717, 1.165) is 0 Å². The smallest absolute Gasteiger partial charge is 0.326 e. The summed E-state index contributed by atoms with van der Waals surface area (Å²) in [6.45, 7) is 1.77. The molecule has 9 nitrogen and oxygen atoms in total. The minimum atomic E-state index is -1.37. The number of nitrogens with zero attached hydrogens (tertiary/aromatic N) is 1. The SMILES string of the molecule is Cc1cc(CNC(=O)N[C@H](CC(N)=O)C(=O)O)on1. The van der Waals surface area contributed by atoms with Crippen molar-refractivity contribution in [1.82, 2.24) is 15.8 Å². The Kier molecular flexibility index (Phi) is 4.86. The lowest BCUT2D eigenvalue weighted by molar-refractivity contribution is -0.140. The van der Waals surface area contributed by atoms with Gasteiger partial charge in [0.1, 0.15) is 6.04 Å². The second-order valence-corrected chi connectivity index (χ2v) is 3.82. The van der Waals surface area contributed by atoms with Crippen LogP contribution in [0, 0.1) is 6.92 Å². The number of amides is 3. The molecule has 0 saturated carbocycles. The number of primary amides is 1. The number of carbonyl (C=O) groups is 3. The van der Waals surface area contributed by atoms with E-state index in [9.17, 15) is 14.4 Å². The Labute approximate surface area is 108 Å². The third kappa shape index (κ3) is 5.06. The second-order valence-electron chi connectivity index (χ2n) is 3.82. The molecule has 0 bridgehead atoms. The van der Waals surface area contributed by atoms with E-state index in [1.807, 2.05) is 0 Å². The summed E-state index contributed by atoms with van der Waals surface area (Å²) in [5.41, 5.74) is 5.54. The first-order chi connectivity index (χ1) is 8.88. The number of hydrogen-bond donors (Lipinski definition) is 4. The van der Waals surface area contributed by atoms with E-state index in [0.29, 0.717) is 11.5 Å². The van der Waals surface area contributed by atoms with Crippen LogP contribution in [0.25, 0.3) is 0 Å². The third-order valence-corrected chi connectivity index (χ3v) is 2.11. The van der Waals surface area contributed by atoms with Crippen LogP contribution >= 0.6 is 0 Å². The molecule has 0 saturated heterocycles. The topological polar surface area (TPSA) is 148 Å². The first-order valence-electron chi connectivity index (χ1n) is 5.36. The Bertz CT molecular complexity index is 484. The first kappa shape index (κ1) is 14.5. The van der Waals surface area contributed by atoms with Crippen LogP contribution in [0.2, 0.25) is 0 Å². The third-order valence-electron chi connectivity index (χ3n) is 2.11. The Morgan fingerprint density at radius 1 is 1.53 bits per heavy atom. The molecule has 0 aliphatic heterocycles. The van der Waals surface area contributed by atoms with Crippen LogP contribution in [0.1, 0.15) is 17.9 Å². The molecule has 104 valence electrons. The number of aryl methyl sites for hydroxylation is 1. The molecule has 9 heteroatoms. The van der Waals surface area contributed by atoms with E-state index >= 15 is 0 Å². The Hall–Kier alpha value is -2.58. The lowest BCUT2D eigenvalue weighted by atomic mass is 10.2. The monoisotopic (exact) mass is 270 g/mol. The van der Waals surface area contributed by atoms with E-state index in [1.165, 1.54) is 0 Å². The van der Waals surface area contributed by atoms with Crippen LogP contribution < -0.4 is 16.4 Å². The van der Waals surface area contributed by atoms with Crippen molar-refractivity contribution >= 4 is 17.9 Å². The molecule has 3 amide bonds. The van der Waals surface area contributed by atoms with Crippen molar-refractivity contribution in [2.24, 2.45) is 5.73 Å². The van der Waals surface area contributed by atoms with Gasteiger partial charge in [-0.15, -0.1) is 0 Å². The van der Waals surface area contributed by atoms with Crippen LogP contribution in [0.3, 0.4) is 0 Å². The summed E-state index contributed by atoms with van der Waals surface area (Å²) in [5.74, 6) is -1.74. The molecule has 19 heavy (non-hydrogen) atoms. The molecule has 0 aromatic carbocycles. The Morgan fingerprint density at radius 3 is 2.68 bits per heavy atom. The van der Waals surface area contributed by atoms with Gasteiger partial charge in [0.05, 0.1) is 18.7 Å². The predicted molar refractivity (Wildman–Crippen MR) is 61.8 cm³/mol. The van der Waals surface area contributed by atoms with Gasteiger partial charge < -0.3 is 26.0 Å². The molecular formula is C10H14N4O5. The van der Waals surface area contributed by atoms with Gasteiger partial charge >= 0.3 is 12.0 Å². The van der Waals surface area contributed by atoms with Crippen LogP contribution in [-0.2, 0) is 16.1 Å². The van der Waals surface area contributed by atoms with Crippen LogP contribution in [0.4, 0.5) is 4.79 Å². The average molecular weight is 270 g/mol. The van der Waals surface area contributed by atoms with Gasteiger partial charge in [-0.05, 0) is 6.92 Å². The van der Waals surface area contributed by atoms with Crippen LogP contribution in [-0.4, -0.2) is 34.2 Å². The average Bonchev–Trinajstić information content (AvgIpc) is 2.71. The number of hydrogen-bond acceptors (Lipinski definition) is 5. The molecule has 1 atom stereocenters. The van der Waals surface area contributed by atoms with Crippen molar-refractivity contribution in [3.63, 3.8) is 0 Å². The van der Waals surface area contributed by atoms with E-state index in [4.69, 9.17) is 15.4 Å². The summed E-state index contributed by atoms with van der Waals surface area (Å²) >= 11 is 0. The van der Waals surface area contributed by atoms with Crippen molar-refractivity contribution in [2.75, 3.05) is 0 Å². The number of aromatic nitrogens is 1. The predicted octanol–water partition coefficient (Wildman–Crippen LogP) is -0.889. The van der Waals surface area contributed by atoms with E-state index in [-0.39, 0.29) is 6.54 Å². The molecular weight excluding hydrogens is 256 g/mol. The van der Waals surface area contributed by atoms with E-state index in [2.05, 4.69) is 15.8 Å². The lowest BCUT2D eigenvalue weighted by Crippen LogP contribution is -2.47. The zero-order valence-electron chi connectivity index (χ0n) is 10.2. The highest BCUT2D eigenvalue weighted by atomic mass is 16.5. The summed E-state index contributed by atoms with van der Waals surface area (Å²) in [4.78, 5) is 32.8. The largest absolute Gasteiger partial charge is 0.480 e. The maximum atomic E-state index is 11.4. The number of carboxylic acids is 1. The molecule has 0 fully saturated rings. The Balaban J connectivity index is 2.44. The van der Waals surface area contributed by atoms with Gasteiger partial charge in [0, 0.05) is 6.07 Å². The summed E-state index contributed by atoms with van der Waals surface area (Å²) in [6, 6.07) is -0.491. The van der Waals surface area contributed by atoms with E-state index < -0.39 is 30.4 Å². The number of rotatable bonds is 6. The van der Waals surface area contributed by atoms with E-state index in [1.54, 1.807) is 13.0 Å². The van der Waals surface area contributed by atoms with Crippen LogP contribution in [0.15, 0.2) is 10.6 Å². The molecule has 1 rings (SSSR count). The van der Waals surface area contributed by atoms with Gasteiger partial charge in [-0.25, -0.2) is 9.59 Å². The minimum absolute atomic E-state index is 0.0512. The number of nitrogens with one attached hydrogen (secondary N) is 2. The summed E-state index contributed by atoms with van der Waals surface area (Å²) in [5, 5.41) is 16.9. The molecule has 0 aliphatic carbocycles. The number of carboxylic acid groups (broad SMARTS) is 1. The van der Waals surface area contributed by atoms with Gasteiger partial charge in [0.2, 0.25) is 5.91 Å². The van der Waals surface area contributed by atoms with Crippen molar-refractivity contribution in [1.29, 1.82) is 0 Å². The molecule has 1 heterocycles. The van der Waals surface area contributed by atoms with Gasteiger partial charge in [0.25, 0.3) is 0 Å². The minimum Gasteiger partial charge on any atom is -0.480 e. The Morgan fingerprint density at radius 2 is 2.21 bits per heavy atom. The number of nitrogens with two attached hydrogens (primary N) is 1. The maximum Gasteiger partial charge on any atom is 0.326 e. The second kappa shape index (κ2) is 6.38. The highest BCUT2D eigenvalue weighted by Gasteiger charge is 2.22. The number of carbonyl (C=O) groups excluding carboxylic acids is 2. The van der Waals surface area contributed by atoms with Gasteiger partial charge in [-0.1, -0.05) is 5.16 Å². The number of aliphatic carboxylic acids is 1. The fourth-order valence-electron chi connectivity index (χ4n) is 1.28. The molecule has 0 aliphatic rings. The zero-order valence-corrected chi connectivity index (χ0v) is 10.2. The molecule has 1 aromatic heterocycles. The van der Waals surface area contributed by atoms with Crippen molar-refractivity contribution < 1.29 is 24.0 Å². The standard InChI is InChI=1S/C10H14N4O5/c1-5-2-6(19-14-5)4-12-10(18)13-7(9(16)17)3-8(11)15/h2,7H,3-4H2,1H3,(H2,11,15)(H,16,17)(H2,12,13,18)/t7-/m1/s1. The summed E-state index contributed by atoms with van der Waals surface area (Å²) in [7, 11) is 0. The molecule has 1 aromatic rings. The summed E-state index contributed by atoms with van der Waals surface area (Å²) in [6.07, 6.45) is -0.482. The molecule has 5 N–H and O–H groups in total. The van der Waals surface area contributed by atoms with Gasteiger partial charge in [-0.3, -0.25) is 4.79 Å². The highest BCUT2D eigenvalue weighted by Crippen LogP contribution is 2.01. The fourth-order valence-corrected chi connectivity index (χ4v) is 1.28. The van der Waals surface area contributed by atoms with Crippen LogP contribution in [0.5, 0.6) is 0 Å². The van der Waals surface area contributed by atoms with Crippen molar-refractivity contribution in [2.45, 2.75) is 25.9 Å². The zero-order chi connectivity index (χ0) is 14.4.